The van der Waals surface area contributed by atoms with Crippen LogP contribution in [-0.4, -0.2) is 41.7 Å². The number of halogens is 1. The minimum absolute atomic E-state index is 0.0872. The first-order valence-electron chi connectivity index (χ1n) is 5.97. The Balaban J connectivity index is 1.66. The number of hydrogen-bond donors (Lipinski definition) is 1. The summed E-state index contributed by atoms with van der Waals surface area (Å²) in [7, 11) is 0. The Bertz CT molecular complexity index is 421. The van der Waals surface area contributed by atoms with E-state index in [9.17, 15) is 9.50 Å². The van der Waals surface area contributed by atoms with Gasteiger partial charge in [0.05, 0.1) is 12.6 Å². The van der Waals surface area contributed by atoms with Gasteiger partial charge in [0.25, 0.3) is 6.01 Å². The van der Waals surface area contributed by atoms with E-state index in [0.29, 0.717) is 24.7 Å². The smallest absolute Gasteiger partial charge is 0.297 e. The third kappa shape index (κ3) is 2.09. The Kier molecular flexibility index (Phi) is 2.96. The first-order valence-corrected chi connectivity index (χ1v) is 5.97. The maximum Gasteiger partial charge on any atom is 0.297 e. The molecule has 0 aliphatic carbocycles. The van der Waals surface area contributed by atoms with Crippen molar-refractivity contribution in [2.24, 2.45) is 0 Å². The molecule has 2 fully saturated rings. The van der Waals surface area contributed by atoms with Crippen LogP contribution < -0.4 is 4.90 Å². The van der Waals surface area contributed by atoms with Crippen LogP contribution >= 0.6 is 0 Å². The van der Waals surface area contributed by atoms with Gasteiger partial charge in [-0.05, 0) is 13.3 Å². The molecule has 3 heterocycles. The number of rotatable bonds is 2. The molecule has 0 bridgehead atoms. The van der Waals surface area contributed by atoms with Crippen molar-refractivity contribution < 1.29 is 23.4 Å². The van der Waals surface area contributed by atoms with Gasteiger partial charge in [-0.1, -0.05) is 0 Å². The number of aliphatic hydroxyl groups is 1. The molecule has 1 aromatic heterocycles. The van der Waals surface area contributed by atoms with E-state index in [1.807, 2.05) is 0 Å². The Morgan fingerprint density at radius 1 is 1.50 bits per heavy atom. The average Bonchev–Trinajstić information content (AvgIpc) is 2.78. The summed E-state index contributed by atoms with van der Waals surface area (Å²) in [6.45, 7) is 2.39. The van der Waals surface area contributed by atoms with E-state index in [1.165, 1.54) is 6.26 Å². The zero-order chi connectivity index (χ0) is 12.7. The standard InChI is InChI=1S/C11H15FN2O4/c1-6-17-10(18-6)8-5-16-11(13-8)14-3-2-9(15)7(12)4-14/h5-7,9-10,15H,2-4H2,1H3/t6?,7-,9+,10?/m1/s1. The molecular formula is C11H15FN2O4. The second kappa shape index (κ2) is 4.49. The SMILES string of the molecule is CC1OC(c2coc(N3CC[C@H](O)[C@H](F)C3)n2)O1. The van der Waals surface area contributed by atoms with E-state index in [4.69, 9.17) is 13.9 Å². The summed E-state index contributed by atoms with van der Waals surface area (Å²) < 4.78 is 29.3. The number of oxazole rings is 1. The highest BCUT2D eigenvalue weighted by Gasteiger charge is 2.33. The van der Waals surface area contributed by atoms with Crippen LogP contribution in [0.5, 0.6) is 0 Å². The largest absolute Gasteiger partial charge is 0.432 e. The van der Waals surface area contributed by atoms with Crippen molar-refractivity contribution in [1.29, 1.82) is 0 Å². The van der Waals surface area contributed by atoms with Crippen molar-refractivity contribution in [2.75, 3.05) is 18.0 Å². The highest BCUT2D eigenvalue weighted by molar-refractivity contribution is 5.29. The van der Waals surface area contributed by atoms with Gasteiger partial charge in [-0.3, -0.25) is 0 Å². The zero-order valence-electron chi connectivity index (χ0n) is 9.95. The van der Waals surface area contributed by atoms with Crippen LogP contribution in [0.4, 0.5) is 10.4 Å². The van der Waals surface area contributed by atoms with E-state index >= 15 is 0 Å². The number of aromatic nitrogens is 1. The molecule has 100 valence electrons. The van der Waals surface area contributed by atoms with Gasteiger partial charge in [0, 0.05) is 6.54 Å². The van der Waals surface area contributed by atoms with Crippen LogP contribution in [0.1, 0.15) is 25.3 Å². The number of piperidine rings is 1. The maximum atomic E-state index is 13.4. The molecule has 0 amide bonds. The van der Waals surface area contributed by atoms with Crippen molar-refractivity contribution in [3.63, 3.8) is 0 Å². The quantitative estimate of drug-likeness (QED) is 0.852. The number of alkyl halides is 1. The predicted molar refractivity (Wildman–Crippen MR) is 58.6 cm³/mol. The van der Waals surface area contributed by atoms with Gasteiger partial charge >= 0.3 is 0 Å². The van der Waals surface area contributed by atoms with E-state index < -0.39 is 18.6 Å². The minimum atomic E-state index is -1.27. The Hall–Kier alpha value is -1.18. The summed E-state index contributed by atoms with van der Waals surface area (Å²) in [5.41, 5.74) is 0.546. The second-order valence-electron chi connectivity index (χ2n) is 4.54. The molecule has 0 unspecified atom stereocenters. The van der Waals surface area contributed by atoms with E-state index in [0.717, 1.165) is 0 Å². The lowest BCUT2D eigenvalue weighted by Crippen LogP contribution is -2.44. The molecule has 0 saturated carbocycles. The van der Waals surface area contributed by atoms with Gasteiger partial charge in [-0.25, -0.2) is 4.39 Å². The first-order chi connectivity index (χ1) is 8.63. The molecule has 1 N–H and O–H groups in total. The molecule has 0 radical (unpaired) electrons. The van der Waals surface area contributed by atoms with Crippen molar-refractivity contribution in [3.05, 3.63) is 12.0 Å². The highest BCUT2D eigenvalue weighted by atomic mass is 19.1. The zero-order valence-corrected chi connectivity index (χ0v) is 9.95. The molecule has 2 aliphatic heterocycles. The van der Waals surface area contributed by atoms with Crippen LogP contribution in [0.3, 0.4) is 0 Å². The van der Waals surface area contributed by atoms with Crippen LogP contribution in [0.2, 0.25) is 0 Å². The van der Waals surface area contributed by atoms with E-state index in [-0.39, 0.29) is 12.8 Å². The number of nitrogens with zero attached hydrogens (tertiary/aromatic N) is 2. The van der Waals surface area contributed by atoms with Gasteiger partial charge in [0.1, 0.15) is 18.1 Å². The summed E-state index contributed by atoms with van der Waals surface area (Å²) in [5, 5.41) is 9.32. The van der Waals surface area contributed by atoms with Crippen molar-refractivity contribution in [2.45, 2.75) is 38.2 Å². The van der Waals surface area contributed by atoms with Gasteiger partial charge in [0.2, 0.25) is 6.29 Å². The molecule has 18 heavy (non-hydrogen) atoms. The third-order valence-electron chi connectivity index (χ3n) is 3.16. The lowest BCUT2D eigenvalue weighted by molar-refractivity contribution is -0.383. The topological polar surface area (TPSA) is 68.0 Å². The number of anilines is 1. The Morgan fingerprint density at radius 3 is 2.94 bits per heavy atom. The van der Waals surface area contributed by atoms with E-state index in [1.54, 1.807) is 11.8 Å². The second-order valence-corrected chi connectivity index (χ2v) is 4.54. The van der Waals surface area contributed by atoms with Gasteiger partial charge in [-0.15, -0.1) is 0 Å². The third-order valence-corrected chi connectivity index (χ3v) is 3.16. The molecule has 2 saturated heterocycles. The van der Waals surface area contributed by atoms with Gasteiger partial charge < -0.3 is 23.9 Å². The minimum Gasteiger partial charge on any atom is -0.432 e. The molecule has 0 aromatic carbocycles. The van der Waals surface area contributed by atoms with Crippen LogP contribution in [0.15, 0.2) is 10.7 Å². The molecule has 3 rings (SSSR count). The van der Waals surface area contributed by atoms with Gasteiger partial charge in [-0.2, -0.15) is 4.98 Å². The molecule has 6 nitrogen and oxygen atoms in total. The Labute approximate surface area is 103 Å². The number of ether oxygens (including phenoxy) is 2. The Morgan fingerprint density at radius 2 is 2.28 bits per heavy atom. The van der Waals surface area contributed by atoms with Crippen LogP contribution in [0, 0.1) is 0 Å². The fourth-order valence-electron chi connectivity index (χ4n) is 2.09. The van der Waals surface area contributed by atoms with Gasteiger partial charge in [0.15, 0.2) is 6.29 Å². The number of aliphatic hydroxyl groups excluding tert-OH is 1. The monoisotopic (exact) mass is 258 g/mol. The molecular weight excluding hydrogens is 243 g/mol. The molecule has 7 heteroatoms. The van der Waals surface area contributed by atoms with Crippen LogP contribution in [-0.2, 0) is 9.47 Å². The van der Waals surface area contributed by atoms with E-state index in [2.05, 4.69) is 4.98 Å². The fraction of sp³-hybridized carbons (Fsp3) is 0.727. The molecule has 2 atom stereocenters. The summed E-state index contributed by atoms with van der Waals surface area (Å²) >= 11 is 0. The molecule has 0 spiro atoms. The summed E-state index contributed by atoms with van der Waals surface area (Å²) in [6.07, 6.45) is -1.07. The summed E-state index contributed by atoms with van der Waals surface area (Å²) in [5.74, 6) is 0. The van der Waals surface area contributed by atoms with Crippen molar-refractivity contribution >= 4 is 6.01 Å². The average molecular weight is 258 g/mol. The molecule has 2 aliphatic rings. The first kappa shape index (κ1) is 11.9. The predicted octanol–water partition coefficient (Wildman–Crippen LogP) is 0.975. The maximum absolute atomic E-state index is 13.4. The number of hydrogen-bond acceptors (Lipinski definition) is 6. The van der Waals surface area contributed by atoms with Crippen LogP contribution in [0.25, 0.3) is 0 Å². The van der Waals surface area contributed by atoms with Crippen molar-refractivity contribution in [1.82, 2.24) is 4.98 Å². The van der Waals surface area contributed by atoms with Crippen molar-refractivity contribution in [3.8, 4) is 0 Å². The lowest BCUT2D eigenvalue weighted by Gasteiger charge is -2.32. The molecule has 1 aromatic rings. The highest BCUT2D eigenvalue weighted by Crippen LogP contribution is 2.32. The lowest BCUT2D eigenvalue weighted by atomic mass is 10.1. The summed E-state index contributed by atoms with van der Waals surface area (Å²) in [6, 6.07) is 0.339. The normalized spacial score (nSPS) is 36.5. The fourth-order valence-corrected chi connectivity index (χ4v) is 2.09. The summed E-state index contributed by atoms with van der Waals surface area (Å²) in [4.78, 5) is 5.88.